The van der Waals surface area contributed by atoms with Crippen LogP contribution in [-0.2, 0) is 6.42 Å². The van der Waals surface area contributed by atoms with Crippen molar-refractivity contribution in [3.05, 3.63) is 57.8 Å². The SMILES string of the molecule is N=C(N)c1ccc(N2CCc3ccc(F)cc32)c(Br)c1. The van der Waals surface area contributed by atoms with Crippen LogP contribution in [0.4, 0.5) is 15.8 Å². The highest BCUT2D eigenvalue weighted by Crippen LogP contribution is 2.38. The normalized spacial score (nSPS) is 13.4. The van der Waals surface area contributed by atoms with Crippen molar-refractivity contribution < 1.29 is 4.39 Å². The summed E-state index contributed by atoms with van der Waals surface area (Å²) < 4.78 is 14.3. The predicted octanol–water partition coefficient (Wildman–Crippen LogP) is 3.57. The molecule has 5 heteroatoms. The van der Waals surface area contributed by atoms with Gasteiger partial charge in [-0.3, -0.25) is 5.41 Å². The van der Waals surface area contributed by atoms with Crippen LogP contribution in [0.5, 0.6) is 0 Å². The molecule has 2 aromatic rings. The molecule has 1 heterocycles. The largest absolute Gasteiger partial charge is 0.384 e. The minimum absolute atomic E-state index is 0.0325. The lowest BCUT2D eigenvalue weighted by Crippen LogP contribution is -2.15. The molecular formula is C15H13BrFN3. The molecule has 0 spiro atoms. The fourth-order valence-corrected chi connectivity index (χ4v) is 3.09. The molecule has 1 aliphatic heterocycles. The first-order chi connectivity index (χ1) is 9.56. The Hall–Kier alpha value is -1.88. The lowest BCUT2D eigenvalue weighted by Gasteiger charge is -2.21. The second kappa shape index (κ2) is 4.90. The molecular weight excluding hydrogens is 321 g/mol. The summed E-state index contributed by atoms with van der Waals surface area (Å²) in [4.78, 5) is 2.08. The Morgan fingerprint density at radius 1 is 1.20 bits per heavy atom. The number of rotatable bonds is 2. The van der Waals surface area contributed by atoms with Crippen molar-refractivity contribution in [3.8, 4) is 0 Å². The van der Waals surface area contributed by atoms with Gasteiger partial charge in [-0.05, 0) is 58.2 Å². The van der Waals surface area contributed by atoms with Crippen molar-refractivity contribution in [2.75, 3.05) is 11.4 Å². The van der Waals surface area contributed by atoms with Crippen LogP contribution in [0.2, 0.25) is 0 Å². The summed E-state index contributed by atoms with van der Waals surface area (Å²) in [7, 11) is 0. The van der Waals surface area contributed by atoms with Gasteiger partial charge in [-0.25, -0.2) is 4.39 Å². The van der Waals surface area contributed by atoms with Crippen molar-refractivity contribution in [3.63, 3.8) is 0 Å². The fourth-order valence-electron chi connectivity index (χ4n) is 2.50. The molecule has 20 heavy (non-hydrogen) atoms. The van der Waals surface area contributed by atoms with E-state index in [4.69, 9.17) is 11.1 Å². The summed E-state index contributed by atoms with van der Waals surface area (Å²) in [6.45, 7) is 0.816. The van der Waals surface area contributed by atoms with E-state index in [-0.39, 0.29) is 11.7 Å². The average Bonchev–Trinajstić information content (AvgIpc) is 2.81. The Balaban J connectivity index is 2.04. The lowest BCUT2D eigenvalue weighted by molar-refractivity contribution is 0.628. The molecule has 0 saturated heterocycles. The maximum absolute atomic E-state index is 13.4. The van der Waals surface area contributed by atoms with Crippen molar-refractivity contribution in [1.82, 2.24) is 0 Å². The first kappa shape index (κ1) is 13.1. The number of hydrogen-bond donors (Lipinski definition) is 2. The third-order valence-corrected chi connectivity index (χ3v) is 4.13. The summed E-state index contributed by atoms with van der Waals surface area (Å²) in [5, 5.41) is 7.45. The number of nitrogen functional groups attached to an aromatic ring is 1. The van der Waals surface area contributed by atoms with E-state index in [1.165, 1.54) is 6.07 Å². The quantitative estimate of drug-likeness (QED) is 0.652. The number of nitrogens with zero attached hydrogens (tertiary/aromatic N) is 1. The fraction of sp³-hybridized carbons (Fsp3) is 0.133. The zero-order valence-corrected chi connectivity index (χ0v) is 12.2. The molecule has 0 atom stereocenters. The number of hydrogen-bond acceptors (Lipinski definition) is 2. The predicted molar refractivity (Wildman–Crippen MR) is 82.3 cm³/mol. The molecule has 0 saturated carbocycles. The standard InChI is InChI=1S/C15H13BrFN3/c16-12-7-10(15(18)19)2-4-13(12)20-6-5-9-1-3-11(17)8-14(9)20/h1-4,7-8H,5-6H2,(H3,18,19). The van der Waals surface area contributed by atoms with Gasteiger partial charge in [-0.2, -0.15) is 0 Å². The highest BCUT2D eigenvalue weighted by atomic mass is 79.9. The Kier molecular flexibility index (Phi) is 3.22. The van der Waals surface area contributed by atoms with E-state index in [0.29, 0.717) is 5.56 Å². The van der Waals surface area contributed by atoms with E-state index in [1.807, 2.05) is 18.2 Å². The number of nitrogens with one attached hydrogen (secondary N) is 1. The number of anilines is 2. The van der Waals surface area contributed by atoms with Gasteiger partial charge in [0.05, 0.1) is 5.69 Å². The summed E-state index contributed by atoms with van der Waals surface area (Å²) >= 11 is 3.51. The Morgan fingerprint density at radius 2 is 2.00 bits per heavy atom. The van der Waals surface area contributed by atoms with Crippen LogP contribution in [0.25, 0.3) is 0 Å². The van der Waals surface area contributed by atoms with Gasteiger partial charge in [0.1, 0.15) is 11.7 Å². The van der Waals surface area contributed by atoms with E-state index in [1.54, 1.807) is 12.1 Å². The zero-order valence-electron chi connectivity index (χ0n) is 10.7. The molecule has 0 bridgehead atoms. The third-order valence-electron chi connectivity index (χ3n) is 3.49. The van der Waals surface area contributed by atoms with E-state index < -0.39 is 0 Å². The van der Waals surface area contributed by atoms with Crippen LogP contribution in [0.1, 0.15) is 11.1 Å². The van der Waals surface area contributed by atoms with Gasteiger partial charge >= 0.3 is 0 Å². The highest BCUT2D eigenvalue weighted by molar-refractivity contribution is 9.10. The molecule has 0 aromatic heterocycles. The van der Waals surface area contributed by atoms with Crippen molar-refractivity contribution in [2.24, 2.45) is 5.73 Å². The van der Waals surface area contributed by atoms with Gasteiger partial charge in [-0.15, -0.1) is 0 Å². The van der Waals surface area contributed by atoms with Crippen LogP contribution >= 0.6 is 15.9 Å². The second-order valence-electron chi connectivity index (χ2n) is 4.75. The lowest BCUT2D eigenvalue weighted by atomic mass is 10.1. The molecule has 3 nitrogen and oxygen atoms in total. The number of halogens is 2. The van der Waals surface area contributed by atoms with Gasteiger partial charge in [0.2, 0.25) is 0 Å². The minimum Gasteiger partial charge on any atom is -0.384 e. The molecule has 0 aliphatic carbocycles. The molecule has 3 rings (SSSR count). The van der Waals surface area contributed by atoms with Crippen LogP contribution in [0.15, 0.2) is 40.9 Å². The minimum atomic E-state index is -0.230. The second-order valence-corrected chi connectivity index (χ2v) is 5.61. The Bertz CT molecular complexity index is 700. The smallest absolute Gasteiger partial charge is 0.125 e. The topological polar surface area (TPSA) is 53.1 Å². The van der Waals surface area contributed by atoms with Gasteiger partial charge < -0.3 is 10.6 Å². The van der Waals surface area contributed by atoms with Gasteiger partial charge in [0.25, 0.3) is 0 Å². The highest BCUT2D eigenvalue weighted by Gasteiger charge is 2.22. The molecule has 0 fully saturated rings. The Morgan fingerprint density at radius 3 is 2.70 bits per heavy atom. The molecule has 1 aliphatic rings. The van der Waals surface area contributed by atoms with Gasteiger partial charge in [0.15, 0.2) is 0 Å². The zero-order chi connectivity index (χ0) is 14.3. The maximum atomic E-state index is 13.4. The number of fused-ring (bicyclic) bond motifs is 1. The summed E-state index contributed by atoms with van der Waals surface area (Å²) in [5.74, 6) is -0.197. The van der Waals surface area contributed by atoms with E-state index >= 15 is 0 Å². The van der Waals surface area contributed by atoms with Crippen LogP contribution in [0, 0.1) is 11.2 Å². The molecule has 0 amide bonds. The van der Waals surface area contributed by atoms with E-state index in [2.05, 4.69) is 20.8 Å². The van der Waals surface area contributed by atoms with Crippen LogP contribution in [-0.4, -0.2) is 12.4 Å². The van der Waals surface area contributed by atoms with Crippen LogP contribution in [0.3, 0.4) is 0 Å². The first-order valence-corrected chi connectivity index (χ1v) is 7.05. The molecule has 0 unspecified atom stereocenters. The van der Waals surface area contributed by atoms with Crippen molar-refractivity contribution in [2.45, 2.75) is 6.42 Å². The van der Waals surface area contributed by atoms with Gasteiger partial charge in [-0.1, -0.05) is 6.07 Å². The molecule has 3 N–H and O–H groups in total. The number of nitrogens with two attached hydrogens (primary N) is 1. The molecule has 2 aromatic carbocycles. The molecule has 102 valence electrons. The summed E-state index contributed by atoms with van der Waals surface area (Å²) in [5.41, 5.74) is 9.16. The van der Waals surface area contributed by atoms with E-state index in [0.717, 1.165) is 34.4 Å². The molecule has 0 radical (unpaired) electrons. The monoisotopic (exact) mass is 333 g/mol. The Labute approximate surface area is 124 Å². The first-order valence-electron chi connectivity index (χ1n) is 6.26. The van der Waals surface area contributed by atoms with Gasteiger partial charge in [0, 0.05) is 22.3 Å². The summed E-state index contributed by atoms with van der Waals surface area (Å²) in [6, 6.07) is 10.4. The third kappa shape index (κ3) is 2.18. The van der Waals surface area contributed by atoms with Crippen LogP contribution < -0.4 is 10.6 Å². The van der Waals surface area contributed by atoms with Crippen molar-refractivity contribution >= 4 is 33.1 Å². The van der Waals surface area contributed by atoms with E-state index in [9.17, 15) is 4.39 Å². The summed E-state index contributed by atoms with van der Waals surface area (Å²) in [6.07, 6.45) is 0.899. The number of benzene rings is 2. The maximum Gasteiger partial charge on any atom is 0.125 e. The number of amidine groups is 1. The van der Waals surface area contributed by atoms with Crippen molar-refractivity contribution in [1.29, 1.82) is 5.41 Å². The average molecular weight is 334 g/mol.